The van der Waals surface area contributed by atoms with Crippen LogP contribution in [0.1, 0.15) is 27.2 Å². The highest BCUT2D eigenvalue weighted by Crippen LogP contribution is 2.36. The Balaban J connectivity index is 1.61. The molecule has 0 fully saturated rings. The number of anilines is 3. The van der Waals surface area contributed by atoms with Crippen molar-refractivity contribution in [2.24, 2.45) is 5.10 Å². The van der Waals surface area contributed by atoms with E-state index in [1.807, 2.05) is 0 Å². The second-order valence-electron chi connectivity index (χ2n) is 6.83. The summed E-state index contributed by atoms with van der Waals surface area (Å²) in [5.74, 6) is 0.296. The van der Waals surface area contributed by atoms with E-state index in [0.717, 1.165) is 11.3 Å². The van der Waals surface area contributed by atoms with E-state index in [9.17, 15) is 9.59 Å². The summed E-state index contributed by atoms with van der Waals surface area (Å²) in [5, 5.41) is 8.09. The van der Waals surface area contributed by atoms with Gasteiger partial charge in [0.1, 0.15) is 11.5 Å². The maximum Gasteiger partial charge on any atom is 0.258 e. The molecule has 1 heterocycles. The molecule has 0 radical (unpaired) electrons. The molecule has 0 aliphatic heterocycles. The SMILES string of the molecule is COc1ccc(NN=C2C(=O)CCc3c2sc(N)c3C(=O)Nc2ccc(Cl)cc2)cc1. The van der Waals surface area contributed by atoms with Crippen molar-refractivity contribution in [2.75, 3.05) is 23.6 Å². The fourth-order valence-electron chi connectivity index (χ4n) is 3.27. The zero-order valence-electron chi connectivity index (χ0n) is 16.6. The summed E-state index contributed by atoms with van der Waals surface area (Å²) in [6.45, 7) is 0. The number of Topliss-reactive ketones (excluding diaryl/α,β-unsaturated/α-hetero) is 1. The molecule has 7 nitrogen and oxygen atoms in total. The van der Waals surface area contributed by atoms with E-state index in [4.69, 9.17) is 22.1 Å². The van der Waals surface area contributed by atoms with Crippen molar-refractivity contribution in [2.45, 2.75) is 12.8 Å². The Morgan fingerprint density at radius 2 is 1.77 bits per heavy atom. The number of hydrogen-bond donors (Lipinski definition) is 3. The molecule has 31 heavy (non-hydrogen) atoms. The van der Waals surface area contributed by atoms with Gasteiger partial charge in [-0.2, -0.15) is 5.10 Å². The van der Waals surface area contributed by atoms with Crippen LogP contribution in [0.15, 0.2) is 53.6 Å². The van der Waals surface area contributed by atoms with Gasteiger partial charge in [-0.1, -0.05) is 11.6 Å². The number of methoxy groups -OCH3 is 1. The van der Waals surface area contributed by atoms with E-state index in [2.05, 4.69) is 15.8 Å². The van der Waals surface area contributed by atoms with Gasteiger partial charge in [0.25, 0.3) is 5.91 Å². The number of ether oxygens (including phenoxy) is 1. The molecule has 4 rings (SSSR count). The zero-order valence-corrected chi connectivity index (χ0v) is 18.1. The topological polar surface area (TPSA) is 106 Å². The van der Waals surface area contributed by atoms with Crippen molar-refractivity contribution >= 4 is 56.7 Å². The van der Waals surface area contributed by atoms with Gasteiger partial charge in [0.15, 0.2) is 5.78 Å². The van der Waals surface area contributed by atoms with Crippen LogP contribution < -0.4 is 21.2 Å². The summed E-state index contributed by atoms with van der Waals surface area (Å²) >= 11 is 7.09. The molecule has 0 saturated heterocycles. The number of benzene rings is 2. The standard InChI is InChI=1S/C22H19ClN4O3S/c1-30-15-8-6-14(7-9-15)26-27-19-17(28)11-10-16-18(21(24)31-20(16)19)22(29)25-13-4-2-12(23)3-5-13/h2-9,26H,10-11,24H2,1H3,(H,25,29). The van der Waals surface area contributed by atoms with Crippen LogP contribution in [0.2, 0.25) is 5.02 Å². The molecule has 9 heteroatoms. The van der Waals surface area contributed by atoms with Crippen LogP contribution in [0.25, 0.3) is 0 Å². The lowest BCUT2D eigenvalue weighted by atomic mass is 9.93. The van der Waals surface area contributed by atoms with Crippen molar-refractivity contribution in [3.05, 3.63) is 69.6 Å². The number of nitrogens with two attached hydrogens (primary N) is 1. The van der Waals surface area contributed by atoms with Crippen LogP contribution in [-0.4, -0.2) is 24.5 Å². The number of nitrogens with one attached hydrogen (secondary N) is 2. The number of thiophene rings is 1. The maximum atomic E-state index is 12.9. The van der Waals surface area contributed by atoms with Gasteiger partial charge >= 0.3 is 0 Å². The third-order valence-electron chi connectivity index (χ3n) is 4.83. The minimum Gasteiger partial charge on any atom is -0.497 e. The molecule has 1 aromatic heterocycles. The maximum absolute atomic E-state index is 12.9. The van der Waals surface area contributed by atoms with E-state index in [1.165, 1.54) is 11.3 Å². The van der Waals surface area contributed by atoms with Crippen molar-refractivity contribution in [1.82, 2.24) is 0 Å². The number of fused-ring (bicyclic) bond motifs is 1. The summed E-state index contributed by atoms with van der Waals surface area (Å²) in [7, 11) is 1.59. The van der Waals surface area contributed by atoms with Crippen LogP contribution in [-0.2, 0) is 11.2 Å². The Morgan fingerprint density at radius 3 is 2.45 bits per heavy atom. The molecule has 0 spiro atoms. The largest absolute Gasteiger partial charge is 0.497 e. The highest BCUT2D eigenvalue weighted by atomic mass is 35.5. The molecule has 0 unspecified atom stereocenters. The monoisotopic (exact) mass is 454 g/mol. The van der Waals surface area contributed by atoms with E-state index >= 15 is 0 Å². The Labute approximate surface area is 187 Å². The molecular formula is C22H19ClN4O3S. The normalized spacial score (nSPS) is 14.3. The molecule has 1 aliphatic carbocycles. The average molecular weight is 455 g/mol. The number of ketones is 1. The first-order valence-electron chi connectivity index (χ1n) is 9.45. The Bertz CT molecular complexity index is 1170. The molecular weight excluding hydrogens is 436 g/mol. The number of amides is 1. The lowest BCUT2D eigenvalue weighted by Crippen LogP contribution is -2.24. The fourth-order valence-corrected chi connectivity index (χ4v) is 4.52. The average Bonchev–Trinajstić information content (AvgIpc) is 3.11. The van der Waals surface area contributed by atoms with Crippen LogP contribution in [0.5, 0.6) is 5.75 Å². The van der Waals surface area contributed by atoms with Crippen LogP contribution in [0, 0.1) is 0 Å². The number of nitrogen functional groups attached to an aromatic ring is 1. The number of nitrogens with zero attached hydrogens (tertiary/aromatic N) is 1. The zero-order chi connectivity index (χ0) is 22.0. The van der Waals surface area contributed by atoms with Gasteiger partial charge in [0.2, 0.25) is 0 Å². The number of hydrazone groups is 1. The molecule has 4 N–H and O–H groups in total. The van der Waals surface area contributed by atoms with Gasteiger partial charge in [-0.25, -0.2) is 0 Å². The highest BCUT2D eigenvalue weighted by molar-refractivity contribution is 7.19. The summed E-state index contributed by atoms with van der Waals surface area (Å²) in [6.07, 6.45) is 0.695. The van der Waals surface area contributed by atoms with Gasteiger partial charge in [0, 0.05) is 17.1 Å². The van der Waals surface area contributed by atoms with Crippen molar-refractivity contribution in [1.29, 1.82) is 0 Å². The first-order chi connectivity index (χ1) is 15.0. The van der Waals surface area contributed by atoms with Crippen LogP contribution in [0.4, 0.5) is 16.4 Å². The molecule has 0 bridgehead atoms. The third-order valence-corrected chi connectivity index (χ3v) is 6.15. The predicted molar refractivity (Wildman–Crippen MR) is 125 cm³/mol. The van der Waals surface area contributed by atoms with Gasteiger partial charge < -0.3 is 15.8 Å². The quantitative estimate of drug-likeness (QED) is 0.489. The lowest BCUT2D eigenvalue weighted by Gasteiger charge is -2.15. The molecule has 2 aromatic carbocycles. The second-order valence-corrected chi connectivity index (χ2v) is 8.32. The molecule has 0 saturated carbocycles. The van der Waals surface area contributed by atoms with Gasteiger partial charge in [-0.15, -0.1) is 11.3 Å². The molecule has 3 aromatic rings. The molecule has 1 amide bonds. The smallest absolute Gasteiger partial charge is 0.258 e. The first-order valence-corrected chi connectivity index (χ1v) is 10.6. The van der Waals surface area contributed by atoms with E-state index in [1.54, 1.807) is 55.6 Å². The third kappa shape index (κ3) is 4.40. The molecule has 0 atom stereocenters. The van der Waals surface area contributed by atoms with Crippen molar-refractivity contribution in [3.8, 4) is 5.75 Å². The minimum absolute atomic E-state index is 0.0978. The second kappa shape index (κ2) is 8.79. The number of carbonyl (C=O) groups is 2. The summed E-state index contributed by atoms with van der Waals surface area (Å²) in [5.41, 5.74) is 11.8. The molecule has 1 aliphatic rings. The summed E-state index contributed by atoms with van der Waals surface area (Å²) in [6, 6.07) is 14.0. The van der Waals surface area contributed by atoms with E-state index in [-0.39, 0.29) is 23.8 Å². The fraction of sp³-hybridized carbons (Fsp3) is 0.136. The van der Waals surface area contributed by atoms with E-state index in [0.29, 0.717) is 38.3 Å². The van der Waals surface area contributed by atoms with E-state index < -0.39 is 0 Å². The lowest BCUT2D eigenvalue weighted by molar-refractivity contribution is -0.113. The van der Waals surface area contributed by atoms with Crippen LogP contribution >= 0.6 is 22.9 Å². The van der Waals surface area contributed by atoms with Gasteiger partial charge in [-0.05, 0) is 60.5 Å². The molecule has 158 valence electrons. The highest BCUT2D eigenvalue weighted by Gasteiger charge is 2.32. The predicted octanol–water partition coefficient (Wildman–Crippen LogP) is 4.58. The van der Waals surface area contributed by atoms with Crippen molar-refractivity contribution in [3.63, 3.8) is 0 Å². The Morgan fingerprint density at radius 1 is 1.10 bits per heavy atom. The van der Waals surface area contributed by atoms with Crippen molar-refractivity contribution < 1.29 is 14.3 Å². The first kappa shape index (κ1) is 20.9. The Hall–Kier alpha value is -3.36. The Kier molecular flexibility index (Phi) is 5.92. The number of rotatable bonds is 5. The minimum atomic E-state index is -0.325. The van der Waals surface area contributed by atoms with Gasteiger partial charge in [-0.3, -0.25) is 15.0 Å². The number of hydrogen-bond acceptors (Lipinski definition) is 7. The van der Waals surface area contributed by atoms with Gasteiger partial charge in [0.05, 0.1) is 28.2 Å². The number of halogens is 1. The van der Waals surface area contributed by atoms with Crippen LogP contribution in [0.3, 0.4) is 0 Å². The summed E-state index contributed by atoms with van der Waals surface area (Å²) in [4.78, 5) is 26.1. The number of carbonyl (C=O) groups excluding carboxylic acids is 2. The summed E-state index contributed by atoms with van der Waals surface area (Å²) < 4.78 is 5.14.